The number of para-hydroxylation sites is 1. The van der Waals surface area contributed by atoms with Gasteiger partial charge in [0.2, 0.25) is 5.91 Å². The fourth-order valence-electron chi connectivity index (χ4n) is 3.05. The van der Waals surface area contributed by atoms with Crippen LogP contribution in [0.1, 0.15) is 43.5 Å². The molecule has 0 aliphatic rings. The van der Waals surface area contributed by atoms with Crippen molar-refractivity contribution in [3.8, 4) is 0 Å². The summed E-state index contributed by atoms with van der Waals surface area (Å²) in [6, 6.07) is 13.1. The third kappa shape index (κ3) is 5.37. The van der Waals surface area contributed by atoms with Crippen LogP contribution in [0.4, 0.5) is 11.4 Å². The number of hydrogen-bond donors (Lipinski definition) is 2. The van der Waals surface area contributed by atoms with E-state index in [-0.39, 0.29) is 35.8 Å². The molecule has 27 heavy (non-hydrogen) atoms. The Labute approximate surface area is 160 Å². The first-order valence-corrected chi connectivity index (χ1v) is 9.19. The molecule has 0 aromatic heterocycles. The van der Waals surface area contributed by atoms with Gasteiger partial charge in [0.15, 0.2) is 0 Å². The highest BCUT2D eigenvalue weighted by Crippen LogP contribution is 2.27. The maximum absolute atomic E-state index is 12.4. The Morgan fingerprint density at radius 2 is 1.81 bits per heavy atom. The number of carbonyl (C=O) groups is 1. The monoisotopic (exact) mass is 369 g/mol. The predicted octanol–water partition coefficient (Wildman–Crippen LogP) is 4.39. The SMILES string of the molecule is CCc1ccc([C@@H](NCC(=O)Nc2c(C)cccc2[N+](=O)[O-])C(C)C)cc1. The summed E-state index contributed by atoms with van der Waals surface area (Å²) < 4.78 is 0. The molecule has 2 rings (SSSR count). The van der Waals surface area contributed by atoms with Crippen molar-refractivity contribution in [1.29, 1.82) is 0 Å². The van der Waals surface area contributed by atoms with E-state index in [0.29, 0.717) is 5.56 Å². The standard InChI is InChI=1S/C21H27N3O3/c1-5-16-9-11-17(12-10-16)20(14(2)3)22-13-19(25)23-21-15(4)7-6-8-18(21)24(26)27/h6-12,14,20,22H,5,13H2,1-4H3,(H,23,25)/t20-/m0/s1. The maximum Gasteiger partial charge on any atom is 0.293 e. The number of rotatable bonds is 8. The lowest BCUT2D eigenvalue weighted by atomic mass is 9.95. The summed E-state index contributed by atoms with van der Waals surface area (Å²) in [7, 11) is 0. The Bertz CT molecular complexity index is 801. The lowest BCUT2D eigenvalue weighted by Gasteiger charge is -2.23. The molecule has 0 bridgehead atoms. The fraction of sp³-hybridized carbons (Fsp3) is 0.381. The Morgan fingerprint density at radius 3 is 2.37 bits per heavy atom. The number of benzene rings is 2. The molecule has 1 amide bonds. The summed E-state index contributed by atoms with van der Waals surface area (Å²) in [6.07, 6.45) is 0.984. The molecule has 2 N–H and O–H groups in total. The molecule has 0 spiro atoms. The summed E-state index contributed by atoms with van der Waals surface area (Å²) in [5, 5.41) is 17.1. The third-order valence-corrected chi connectivity index (χ3v) is 4.61. The molecule has 0 radical (unpaired) electrons. The highest BCUT2D eigenvalue weighted by Gasteiger charge is 2.20. The largest absolute Gasteiger partial charge is 0.319 e. The van der Waals surface area contributed by atoms with Crippen molar-refractivity contribution in [1.82, 2.24) is 5.32 Å². The highest BCUT2D eigenvalue weighted by atomic mass is 16.6. The van der Waals surface area contributed by atoms with Crippen molar-refractivity contribution >= 4 is 17.3 Å². The van der Waals surface area contributed by atoms with Gasteiger partial charge in [-0.15, -0.1) is 0 Å². The topological polar surface area (TPSA) is 84.3 Å². The average Bonchev–Trinajstić information content (AvgIpc) is 2.63. The van der Waals surface area contributed by atoms with Gasteiger partial charge in [-0.25, -0.2) is 0 Å². The molecule has 0 saturated heterocycles. The average molecular weight is 369 g/mol. The quantitative estimate of drug-likeness (QED) is 0.534. The number of aryl methyl sites for hydroxylation is 2. The van der Waals surface area contributed by atoms with E-state index < -0.39 is 4.92 Å². The van der Waals surface area contributed by atoms with Crippen molar-refractivity contribution in [3.63, 3.8) is 0 Å². The van der Waals surface area contributed by atoms with E-state index in [1.165, 1.54) is 11.6 Å². The summed E-state index contributed by atoms with van der Waals surface area (Å²) in [5.74, 6) is -0.0127. The van der Waals surface area contributed by atoms with Crippen molar-refractivity contribution < 1.29 is 9.72 Å². The minimum absolute atomic E-state index is 0.0218. The zero-order chi connectivity index (χ0) is 20.0. The molecule has 2 aromatic rings. The molecular formula is C21H27N3O3. The van der Waals surface area contributed by atoms with E-state index in [9.17, 15) is 14.9 Å². The van der Waals surface area contributed by atoms with Crippen LogP contribution in [0.3, 0.4) is 0 Å². The lowest BCUT2D eigenvalue weighted by Crippen LogP contribution is -2.34. The Morgan fingerprint density at radius 1 is 1.15 bits per heavy atom. The van der Waals surface area contributed by atoms with Crippen LogP contribution >= 0.6 is 0 Å². The fourth-order valence-corrected chi connectivity index (χ4v) is 3.05. The van der Waals surface area contributed by atoms with E-state index in [2.05, 4.69) is 55.7 Å². The molecule has 6 heteroatoms. The number of nitro benzene ring substituents is 1. The third-order valence-electron chi connectivity index (χ3n) is 4.61. The minimum Gasteiger partial charge on any atom is -0.319 e. The van der Waals surface area contributed by atoms with Crippen molar-refractivity contribution in [3.05, 3.63) is 69.3 Å². The maximum atomic E-state index is 12.4. The minimum atomic E-state index is -0.484. The van der Waals surface area contributed by atoms with Crippen LogP contribution in [-0.4, -0.2) is 17.4 Å². The molecule has 0 aliphatic carbocycles. The molecule has 2 aromatic carbocycles. The van der Waals surface area contributed by atoms with Gasteiger partial charge in [-0.1, -0.05) is 57.2 Å². The second-order valence-electron chi connectivity index (χ2n) is 6.97. The van der Waals surface area contributed by atoms with Crippen molar-refractivity contribution in [2.24, 2.45) is 5.92 Å². The van der Waals surface area contributed by atoms with E-state index >= 15 is 0 Å². The van der Waals surface area contributed by atoms with Gasteiger partial charge in [0.1, 0.15) is 5.69 Å². The smallest absolute Gasteiger partial charge is 0.293 e. The van der Waals surface area contributed by atoms with Gasteiger partial charge in [0, 0.05) is 12.1 Å². The normalized spacial score (nSPS) is 12.0. The molecule has 144 valence electrons. The number of nitro groups is 1. The van der Waals surface area contributed by atoms with Crippen LogP contribution in [0.15, 0.2) is 42.5 Å². The number of carbonyl (C=O) groups excluding carboxylic acids is 1. The second kappa shape index (κ2) is 9.28. The van der Waals surface area contributed by atoms with Gasteiger partial charge in [0.05, 0.1) is 11.5 Å². The molecule has 0 fully saturated rings. The molecular weight excluding hydrogens is 342 g/mol. The lowest BCUT2D eigenvalue weighted by molar-refractivity contribution is -0.384. The van der Waals surface area contributed by atoms with Crippen LogP contribution in [0.25, 0.3) is 0 Å². The van der Waals surface area contributed by atoms with Gasteiger partial charge in [-0.05, 0) is 36.0 Å². The number of nitrogens with zero attached hydrogens (tertiary/aromatic N) is 1. The Balaban J connectivity index is 2.07. The highest BCUT2D eigenvalue weighted by molar-refractivity contribution is 5.95. The first kappa shape index (κ1) is 20.6. The van der Waals surface area contributed by atoms with Crippen LogP contribution in [-0.2, 0) is 11.2 Å². The van der Waals surface area contributed by atoms with Crippen LogP contribution in [0.5, 0.6) is 0 Å². The van der Waals surface area contributed by atoms with E-state index in [1.54, 1.807) is 19.1 Å². The summed E-state index contributed by atoms with van der Waals surface area (Å²) in [5.41, 5.74) is 3.21. The summed E-state index contributed by atoms with van der Waals surface area (Å²) in [4.78, 5) is 23.1. The molecule has 0 aliphatic heterocycles. The number of anilines is 1. The van der Waals surface area contributed by atoms with Crippen molar-refractivity contribution in [2.45, 2.75) is 40.2 Å². The van der Waals surface area contributed by atoms with Gasteiger partial charge >= 0.3 is 0 Å². The van der Waals surface area contributed by atoms with Gasteiger partial charge in [0.25, 0.3) is 5.69 Å². The van der Waals surface area contributed by atoms with Crippen LogP contribution < -0.4 is 10.6 Å². The molecule has 0 saturated carbocycles. The van der Waals surface area contributed by atoms with Crippen molar-refractivity contribution in [2.75, 3.05) is 11.9 Å². The van der Waals surface area contributed by atoms with Crippen LogP contribution in [0.2, 0.25) is 0 Å². The van der Waals surface area contributed by atoms with Gasteiger partial charge in [-0.3, -0.25) is 14.9 Å². The zero-order valence-electron chi connectivity index (χ0n) is 16.3. The zero-order valence-corrected chi connectivity index (χ0v) is 16.3. The first-order chi connectivity index (χ1) is 12.8. The predicted molar refractivity (Wildman–Crippen MR) is 108 cm³/mol. The Hall–Kier alpha value is -2.73. The molecule has 1 atom stereocenters. The first-order valence-electron chi connectivity index (χ1n) is 9.19. The van der Waals surface area contributed by atoms with E-state index in [1.807, 2.05) is 0 Å². The number of nitrogens with one attached hydrogen (secondary N) is 2. The molecule has 6 nitrogen and oxygen atoms in total. The van der Waals surface area contributed by atoms with Gasteiger partial charge in [-0.2, -0.15) is 0 Å². The second-order valence-corrected chi connectivity index (χ2v) is 6.97. The van der Waals surface area contributed by atoms with Gasteiger partial charge < -0.3 is 10.6 Å². The molecule has 0 heterocycles. The Kier molecular flexibility index (Phi) is 7.07. The number of amides is 1. The molecule has 0 unspecified atom stereocenters. The van der Waals surface area contributed by atoms with Crippen LogP contribution in [0, 0.1) is 23.0 Å². The number of hydrogen-bond acceptors (Lipinski definition) is 4. The van der Waals surface area contributed by atoms with E-state index in [0.717, 1.165) is 12.0 Å². The van der Waals surface area contributed by atoms with E-state index in [4.69, 9.17) is 0 Å². The summed E-state index contributed by atoms with van der Waals surface area (Å²) >= 11 is 0. The summed E-state index contributed by atoms with van der Waals surface area (Å²) in [6.45, 7) is 8.11.